The molecular formula is C19H19N3O4S. The van der Waals surface area contributed by atoms with E-state index >= 15 is 0 Å². The van der Waals surface area contributed by atoms with Crippen LogP contribution in [-0.4, -0.2) is 46.9 Å². The number of carboxylic acids is 1. The van der Waals surface area contributed by atoms with Crippen LogP contribution in [0.2, 0.25) is 0 Å². The van der Waals surface area contributed by atoms with Gasteiger partial charge in [0, 0.05) is 24.7 Å². The number of aromatic nitrogens is 2. The Morgan fingerprint density at radius 1 is 1.07 bits per heavy atom. The molecular weight excluding hydrogens is 366 g/mol. The van der Waals surface area contributed by atoms with Gasteiger partial charge in [-0.3, -0.25) is 4.98 Å². The number of pyridine rings is 2. The van der Waals surface area contributed by atoms with E-state index in [9.17, 15) is 18.3 Å². The Morgan fingerprint density at radius 3 is 2.41 bits per heavy atom. The van der Waals surface area contributed by atoms with Crippen molar-refractivity contribution >= 4 is 26.9 Å². The number of nitrogens with zero attached hydrogens (tertiary/aromatic N) is 3. The van der Waals surface area contributed by atoms with Gasteiger partial charge in [0.2, 0.25) is 10.0 Å². The first-order valence-electron chi connectivity index (χ1n) is 8.48. The minimum absolute atomic E-state index is 0.0164. The van der Waals surface area contributed by atoms with Crippen molar-refractivity contribution in [1.82, 2.24) is 14.3 Å². The van der Waals surface area contributed by atoms with Gasteiger partial charge >= 0.3 is 5.97 Å². The predicted molar refractivity (Wildman–Crippen MR) is 102 cm³/mol. The van der Waals surface area contributed by atoms with E-state index in [2.05, 4.69) is 9.97 Å². The lowest BCUT2D eigenvalue weighted by molar-refractivity contribution is 0.0699. The molecule has 0 fully saturated rings. The standard InChI is InChI=1S/C19H19N3O4S/c1-3-22(4-2)27(25,26)13-8-9-16-14(11-13)15(19(23)24)12-18(21-16)17-7-5-6-10-20-17/h5-12H,3-4H2,1-2H3,(H,23,24). The topological polar surface area (TPSA) is 100 Å². The zero-order valence-electron chi connectivity index (χ0n) is 15.0. The summed E-state index contributed by atoms with van der Waals surface area (Å²) in [4.78, 5) is 20.5. The Kier molecular flexibility index (Phi) is 5.20. The number of benzene rings is 1. The van der Waals surface area contributed by atoms with Crippen LogP contribution < -0.4 is 0 Å². The quantitative estimate of drug-likeness (QED) is 0.700. The third-order valence-corrected chi connectivity index (χ3v) is 6.33. The summed E-state index contributed by atoms with van der Waals surface area (Å²) in [5.74, 6) is -1.16. The van der Waals surface area contributed by atoms with Gasteiger partial charge < -0.3 is 5.11 Å². The Morgan fingerprint density at radius 2 is 1.81 bits per heavy atom. The summed E-state index contributed by atoms with van der Waals surface area (Å²) in [6.07, 6.45) is 1.60. The predicted octanol–water partition coefficient (Wildman–Crippen LogP) is 3.03. The van der Waals surface area contributed by atoms with Gasteiger partial charge in [0.25, 0.3) is 0 Å². The van der Waals surface area contributed by atoms with Gasteiger partial charge in [-0.25, -0.2) is 18.2 Å². The molecule has 1 aromatic carbocycles. The van der Waals surface area contributed by atoms with Gasteiger partial charge in [0.15, 0.2) is 0 Å². The number of hydrogen-bond acceptors (Lipinski definition) is 5. The Balaban J connectivity index is 2.23. The molecule has 0 amide bonds. The van der Waals surface area contributed by atoms with Gasteiger partial charge in [-0.2, -0.15) is 4.31 Å². The van der Waals surface area contributed by atoms with Gasteiger partial charge in [-0.05, 0) is 36.4 Å². The Labute approximate surface area is 157 Å². The van der Waals surface area contributed by atoms with Crippen LogP contribution in [0, 0.1) is 0 Å². The summed E-state index contributed by atoms with van der Waals surface area (Å²) in [6, 6.07) is 11.1. The molecule has 7 nitrogen and oxygen atoms in total. The first-order chi connectivity index (χ1) is 12.9. The number of carbonyl (C=O) groups is 1. The van der Waals surface area contributed by atoms with Crippen LogP contribution in [0.15, 0.2) is 53.6 Å². The van der Waals surface area contributed by atoms with Crippen molar-refractivity contribution in [3.8, 4) is 11.4 Å². The molecule has 3 aromatic rings. The fourth-order valence-corrected chi connectivity index (χ4v) is 4.39. The first kappa shape index (κ1) is 18.9. The highest BCUT2D eigenvalue weighted by Crippen LogP contribution is 2.27. The van der Waals surface area contributed by atoms with E-state index in [1.165, 1.54) is 28.6 Å². The molecule has 140 valence electrons. The summed E-state index contributed by atoms with van der Waals surface area (Å²) in [5, 5.41) is 9.91. The zero-order chi connectivity index (χ0) is 19.6. The molecule has 0 spiro atoms. The molecule has 0 saturated heterocycles. The number of rotatable bonds is 6. The molecule has 2 heterocycles. The molecule has 2 aromatic heterocycles. The van der Waals surface area contributed by atoms with Crippen LogP contribution in [0.25, 0.3) is 22.3 Å². The first-order valence-corrected chi connectivity index (χ1v) is 9.92. The van der Waals surface area contributed by atoms with E-state index in [0.717, 1.165) is 0 Å². The maximum atomic E-state index is 12.8. The minimum Gasteiger partial charge on any atom is -0.478 e. The van der Waals surface area contributed by atoms with Crippen molar-refractivity contribution in [1.29, 1.82) is 0 Å². The third kappa shape index (κ3) is 3.54. The van der Waals surface area contributed by atoms with Crippen LogP contribution in [-0.2, 0) is 10.0 Å². The van der Waals surface area contributed by atoms with E-state index in [1.54, 1.807) is 38.2 Å². The van der Waals surface area contributed by atoms with Crippen molar-refractivity contribution < 1.29 is 18.3 Å². The van der Waals surface area contributed by atoms with E-state index in [-0.39, 0.29) is 15.8 Å². The van der Waals surface area contributed by atoms with Crippen molar-refractivity contribution in [3.63, 3.8) is 0 Å². The van der Waals surface area contributed by atoms with E-state index < -0.39 is 16.0 Å². The molecule has 0 radical (unpaired) electrons. The summed E-state index contributed by atoms with van der Waals surface area (Å²) >= 11 is 0. The molecule has 0 aliphatic heterocycles. The van der Waals surface area contributed by atoms with Crippen molar-refractivity contribution in [3.05, 3.63) is 54.2 Å². The summed E-state index contributed by atoms with van der Waals surface area (Å²) in [7, 11) is -3.70. The highest BCUT2D eigenvalue weighted by atomic mass is 32.2. The fourth-order valence-electron chi connectivity index (χ4n) is 2.90. The molecule has 0 aliphatic rings. The maximum absolute atomic E-state index is 12.8. The second-order valence-electron chi connectivity index (χ2n) is 5.84. The fraction of sp³-hybridized carbons (Fsp3) is 0.211. The number of aromatic carboxylic acids is 1. The smallest absolute Gasteiger partial charge is 0.336 e. The summed E-state index contributed by atoms with van der Waals surface area (Å²) < 4.78 is 26.8. The van der Waals surface area contributed by atoms with E-state index in [1.807, 2.05) is 0 Å². The lowest BCUT2D eigenvalue weighted by Gasteiger charge is -2.18. The molecule has 3 rings (SSSR count). The highest BCUT2D eigenvalue weighted by Gasteiger charge is 2.23. The van der Waals surface area contributed by atoms with Gasteiger partial charge in [0.1, 0.15) is 0 Å². The van der Waals surface area contributed by atoms with Crippen LogP contribution in [0.5, 0.6) is 0 Å². The third-order valence-electron chi connectivity index (χ3n) is 4.28. The number of hydrogen-bond donors (Lipinski definition) is 1. The maximum Gasteiger partial charge on any atom is 0.336 e. The van der Waals surface area contributed by atoms with Crippen LogP contribution >= 0.6 is 0 Å². The van der Waals surface area contributed by atoms with Crippen molar-refractivity contribution in [2.75, 3.05) is 13.1 Å². The largest absolute Gasteiger partial charge is 0.478 e. The molecule has 0 bridgehead atoms. The van der Waals surface area contributed by atoms with Crippen molar-refractivity contribution in [2.45, 2.75) is 18.7 Å². The number of sulfonamides is 1. The molecule has 27 heavy (non-hydrogen) atoms. The Bertz CT molecular complexity index is 1090. The SMILES string of the molecule is CCN(CC)S(=O)(=O)c1ccc2nc(-c3ccccn3)cc(C(=O)O)c2c1. The average Bonchev–Trinajstić information content (AvgIpc) is 2.68. The minimum atomic E-state index is -3.70. The second kappa shape index (κ2) is 7.42. The molecule has 8 heteroatoms. The monoisotopic (exact) mass is 385 g/mol. The van der Waals surface area contributed by atoms with Gasteiger partial charge in [-0.1, -0.05) is 19.9 Å². The summed E-state index contributed by atoms with van der Waals surface area (Å²) in [6.45, 7) is 4.18. The van der Waals surface area contributed by atoms with Crippen LogP contribution in [0.1, 0.15) is 24.2 Å². The molecule has 0 atom stereocenters. The second-order valence-corrected chi connectivity index (χ2v) is 7.78. The lowest BCUT2D eigenvalue weighted by Crippen LogP contribution is -2.30. The number of carboxylic acid groups (broad SMARTS) is 1. The van der Waals surface area contributed by atoms with E-state index in [4.69, 9.17) is 0 Å². The molecule has 0 unspecified atom stereocenters. The lowest BCUT2D eigenvalue weighted by atomic mass is 10.1. The highest BCUT2D eigenvalue weighted by molar-refractivity contribution is 7.89. The van der Waals surface area contributed by atoms with Crippen LogP contribution in [0.3, 0.4) is 0 Å². The molecule has 0 saturated carbocycles. The normalized spacial score (nSPS) is 11.8. The molecule has 0 aliphatic carbocycles. The number of fused-ring (bicyclic) bond motifs is 1. The van der Waals surface area contributed by atoms with Crippen LogP contribution in [0.4, 0.5) is 0 Å². The van der Waals surface area contributed by atoms with Crippen molar-refractivity contribution in [2.24, 2.45) is 0 Å². The van der Waals surface area contributed by atoms with Gasteiger partial charge in [0.05, 0.1) is 27.4 Å². The average molecular weight is 385 g/mol. The summed E-state index contributed by atoms with van der Waals surface area (Å²) in [5.41, 5.74) is 1.34. The zero-order valence-corrected chi connectivity index (χ0v) is 15.8. The Hall–Kier alpha value is -2.84. The van der Waals surface area contributed by atoms with E-state index in [0.29, 0.717) is 30.0 Å². The van der Waals surface area contributed by atoms with Gasteiger partial charge in [-0.15, -0.1) is 0 Å². The molecule has 1 N–H and O–H groups in total.